The van der Waals surface area contributed by atoms with Crippen molar-refractivity contribution in [1.82, 2.24) is 15.1 Å². The van der Waals surface area contributed by atoms with Gasteiger partial charge in [-0.25, -0.2) is 4.68 Å². The molecule has 2 heterocycles. The Kier molecular flexibility index (Phi) is 6.40. The molecule has 33 heavy (non-hydrogen) atoms. The van der Waals surface area contributed by atoms with Gasteiger partial charge in [0.1, 0.15) is 17.3 Å². The fourth-order valence-corrected chi connectivity index (χ4v) is 3.04. The first kappa shape index (κ1) is 21.7. The highest BCUT2D eigenvalue weighted by Crippen LogP contribution is 2.30. The van der Waals surface area contributed by atoms with Crippen LogP contribution in [0.5, 0.6) is 17.2 Å². The minimum Gasteiger partial charge on any atom is -0.497 e. The molecule has 0 saturated heterocycles. The lowest BCUT2D eigenvalue weighted by molar-refractivity contribution is 0.0948. The Hall–Kier alpha value is -4.53. The van der Waals surface area contributed by atoms with Gasteiger partial charge in [-0.05, 0) is 48.5 Å². The minimum atomic E-state index is -0.365. The van der Waals surface area contributed by atoms with Gasteiger partial charge < -0.3 is 24.5 Å². The number of methoxy groups -OCH3 is 1. The topological polar surface area (TPSA) is 108 Å². The Morgan fingerprint density at radius 3 is 2.61 bits per heavy atom. The maximum absolute atomic E-state index is 12.7. The zero-order valence-corrected chi connectivity index (χ0v) is 18.1. The van der Waals surface area contributed by atoms with Crippen LogP contribution in [0.1, 0.15) is 16.1 Å². The van der Waals surface area contributed by atoms with Crippen molar-refractivity contribution in [1.29, 1.82) is 0 Å². The molecule has 2 N–H and O–H groups in total. The first-order valence-corrected chi connectivity index (χ1v) is 10.1. The van der Waals surface area contributed by atoms with Gasteiger partial charge in [0, 0.05) is 24.4 Å². The highest BCUT2D eigenvalue weighted by Gasteiger charge is 2.14. The number of rotatable bonds is 8. The summed E-state index contributed by atoms with van der Waals surface area (Å²) in [6, 6.07) is 17.3. The van der Waals surface area contributed by atoms with E-state index in [0.29, 0.717) is 35.1 Å². The summed E-state index contributed by atoms with van der Waals surface area (Å²) in [5.41, 5.74) is 0.931. The third-order valence-electron chi connectivity index (χ3n) is 4.79. The SMILES string of the molecule is COc1cccc(Oc2cnn(C)c(=O)c2Nc2ccc(C(=O)NCc3ccco3)cc2)c1. The van der Waals surface area contributed by atoms with Crippen molar-refractivity contribution in [3.05, 3.63) is 94.8 Å². The Bertz CT molecular complexity index is 1300. The van der Waals surface area contributed by atoms with Crippen LogP contribution in [0.2, 0.25) is 0 Å². The van der Waals surface area contributed by atoms with E-state index in [1.54, 1.807) is 81.1 Å². The number of hydrogen-bond acceptors (Lipinski definition) is 7. The number of carbonyl (C=O) groups excluding carboxylic acids is 1. The van der Waals surface area contributed by atoms with Crippen molar-refractivity contribution < 1.29 is 18.7 Å². The summed E-state index contributed by atoms with van der Waals surface area (Å²) in [5.74, 6) is 1.81. The minimum absolute atomic E-state index is 0.213. The molecule has 0 atom stereocenters. The molecule has 168 valence electrons. The van der Waals surface area contributed by atoms with Crippen molar-refractivity contribution in [2.75, 3.05) is 12.4 Å². The second-order valence-electron chi connectivity index (χ2n) is 7.06. The molecule has 0 spiro atoms. The van der Waals surface area contributed by atoms with Gasteiger partial charge >= 0.3 is 0 Å². The first-order valence-electron chi connectivity index (χ1n) is 10.1. The number of furan rings is 1. The van der Waals surface area contributed by atoms with E-state index < -0.39 is 0 Å². The third-order valence-corrected chi connectivity index (χ3v) is 4.79. The van der Waals surface area contributed by atoms with Gasteiger partial charge in [0.15, 0.2) is 11.4 Å². The summed E-state index contributed by atoms with van der Waals surface area (Å²) in [4.78, 5) is 25.1. The molecular weight excluding hydrogens is 424 g/mol. The Labute approximate surface area is 189 Å². The highest BCUT2D eigenvalue weighted by atomic mass is 16.5. The molecule has 0 aliphatic carbocycles. The van der Waals surface area contributed by atoms with Gasteiger partial charge in [0.2, 0.25) is 0 Å². The molecule has 2 aromatic carbocycles. The molecule has 2 aromatic heterocycles. The lowest BCUT2D eigenvalue weighted by atomic mass is 10.2. The van der Waals surface area contributed by atoms with Crippen LogP contribution in [0.4, 0.5) is 11.4 Å². The zero-order chi connectivity index (χ0) is 23.2. The number of amides is 1. The molecule has 1 amide bonds. The monoisotopic (exact) mass is 446 g/mol. The zero-order valence-electron chi connectivity index (χ0n) is 18.1. The van der Waals surface area contributed by atoms with E-state index in [1.165, 1.54) is 10.9 Å². The molecule has 0 saturated carbocycles. The maximum atomic E-state index is 12.7. The van der Waals surface area contributed by atoms with Crippen LogP contribution in [0.3, 0.4) is 0 Å². The van der Waals surface area contributed by atoms with E-state index in [2.05, 4.69) is 15.7 Å². The van der Waals surface area contributed by atoms with E-state index in [9.17, 15) is 9.59 Å². The van der Waals surface area contributed by atoms with Gasteiger partial charge in [0.05, 0.1) is 26.1 Å². The van der Waals surface area contributed by atoms with E-state index in [-0.39, 0.29) is 22.9 Å². The van der Waals surface area contributed by atoms with E-state index in [0.717, 1.165) is 0 Å². The number of hydrogen-bond donors (Lipinski definition) is 2. The molecule has 9 heteroatoms. The van der Waals surface area contributed by atoms with Gasteiger partial charge in [-0.1, -0.05) is 6.07 Å². The number of nitrogens with zero attached hydrogens (tertiary/aromatic N) is 2. The van der Waals surface area contributed by atoms with Gasteiger partial charge in [-0.3, -0.25) is 9.59 Å². The summed E-state index contributed by atoms with van der Waals surface area (Å²) >= 11 is 0. The van der Waals surface area contributed by atoms with E-state index >= 15 is 0 Å². The molecule has 9 nitrogen and oxygen atoms in total. The summed E-state index contributed by atoms with van der Waals surface area (Å²) < 4.78 is 17.5. The molecule has 0 unspecified atom stereocenters. The second-order valence-corrected chi connectivity index (χ2v) is 7.06. The fourth-order valence-electron chi connectivity index (χ4n) is 3.04. The number of ether oxygens (including phenoxy) is 2. The number of aryl methyl sites for hydroxylation is 1. The summed E-state index contributed by atoms with van der Waals surface area (Å²) in [6.45, 7) is 0.295. The van der Waals surface area contributed by atoms with Crippen molar-refractivity contribution >= 4 is 17.3 Å². The van der Waals surface area contributed by atoms with Gasteiger partial charge in [-0.2, -0.15) is 5.10 Å². The molecule has 4 aromatic rings. The largest absolute Gasteiger partial charge is 0.497 e. The standard InChI is InChI=1S/C24H22N4O5/c1-28-24(30)22(21(15-26-28)33-19-6-3-5-18(13-19)31-2)27-17-10-8-16(9-11-17)23(29)25-14-20-7-4-12-32-20/h3-13,15,27H,14H2,1-2H3,(H,25,29). The molecule has 0 aliphatic heterocycles. The van der Waals surface area contributed by atoms with Gasteiger partial charge in [-0.15, -0.1) is 0 Å². The maximum Gasteiger partial charge on any atom is 0.294 e. The van der Waals surface area contributed by atoms with Crippen LogP contribution in [0.15, 0.2) is 82.3 Å². The molecule has 0 radical (unpaired) electrons. The van der Waals surface area contributed by atoms with Crippen LogP contribution in [-0.4, -0.2) is 22.8 Å². The van der Waals surface area contributed by atoms with Crippen molar-refractivity contribution in [2.24, 2.45) is 7.05 Å². The molecular formula is C24H22N4O5. The number of anilines is 2. The van der Waals surface area contributed by atoms with Gasteiger partial charge in [0.25, 0.3) is 11.5 Å². The lowest BCUT2D eigenvalue weighted by Gasteiger charge is -2.14. The Balaban J connectivity index is 1.51. The highest BCUT2D eigenvalue weighted by molar-refractivity contribution is 5.94. The summed E-state index contributed by atoms with van der Waals surface area (Å²) in [6.07, 6.45) is 3.01. The average Bonchev–Trinajstić information content (AvgIpc) is 3.36. The van der Waals surface area contributed by atoms with Crippen molar-refractivity contribution in [3.8, 4) is 17.2 Å². The average molecular weight is 446 g/mol. The molecule has 4 rings (SSSR count). The number of carbonyl (C=O) groups is 1. The Morgan fingerprint density at radius 2 is 1.88 bits per heavy atom. The van der Waals surface area contributed by atoms with Crippen LogP contribution in [0.25, 0.3) is 0 Å². The predicted octanol–water partition coefficient (Wildman–Crippen LogP) is 3.85. The number of aromatic nitrogens is 2. The summed E-state index contributed by atoms with van der Waals surface area (Å²) in [7, 11) is 3.11. The van der Waals surface area contributed by atoms with Crippen LogP contribution in [0, 0.1) is 0 Å². The molecule has 0 aliphatic rings. The Morgan fingerprint density at radius 1 is 1.09 bits per heavy atom. The van der Waals surface area contributed by atoms with Crippen LogP contribution >= 0.6 is 0 Å². The third kappa shape index (κ3) is 5.21. The summed E-state index contributed by atoms with van der Waals surface area (Å²) in [5, 5.41) is 9.91. The number of nitrogens with one attached hydrogen (secondary N) is 2. The van der Waals surface area contributed by atoms with Crippen molar-refractivity contribution in [3.63, 3.8) is 0 Å². The lowest BCUT2D eigenvalue weighted by Crippen LogP contribution is -2.23. The van der Waals surface area contributed by atoms with E-state index in [1.807, 2.05) is 0 Å². The predicted molar refractivity (Wildman–Crippen MR) is 122 cm³/mol. The van der Waals surface area contributed by atoms with Crippen molar-refractivity contribution in [2.45, 2.75) is 6.54 Å². The first-order chi connectivity index (χ1) is 16.0. The second kappa shape index (κ2) is 9.73. The van der Waals surface area contributed by atoms with Crippen LogP contribution in [-0.2, 0) is 13.6 Å². The normalized spacial score (nSPS) is 10.5. The van der Waals surface area contributed by atoms with Crippen LogP contribution < -0.4 is 25.7 Å². The smallest absolute Gasteiger partial charge is 0.294 e. The van der Waals surface area contributed by atoms with E-state index in [4.69, 9.17) is 13.9 Å². The molecule has 0 bridgehead atoms. The molecule has 0 fully saturated rings. The fraction of sp³-hybridized carbons (Fsp3) is 0.125. The quantitative estimate of drug-likeness (QED) is 0.423. The number of benzene rings is 2.